The van der Waals surface area contributed by atoms with Crippen molar-refractivity contribution in [1.29, 1.82) is 0 Å². The maximum absolute atomic E-state index is 11.3. The minimum Gasteiger partial charge on any atom is -0.394 e. The first-order valence-corrected chi connectivity index (χ1v) is 6.04. The van der Waals surface area contributed by atoms with Crippen molar-refractivity contribution in [2.75, 3.05) is 6.61 Å². The molecule has 1 aliphatic rings. The van der Waals surface area contributed by atoms with Crippen molar-refractivity contribution in [3.05, 3.63) is 35.7 Å². The van der Waals surface area contributed by atoms with E-state index in [4.69, 9.17) is 15.6 Å². The van der Waals surface area contributed by atoms with E-state index < -0.39 is 36.9 Å². The third-order valence-corrected chi connectivity index (χ3v) is 3.31. The van der Waals surface area contributed by atoms with E-state index in [1.165, 1.54) is 12.3 Å². The lowest BCUT2D eigenvalue weighted by molar-refractivity contribution is -0.0228. The zero-order valence-electron chi connectivity index (χ0n) is 10.6. The lowest BCUT2D eigenvalue weighted by Gasteiger charge is -2.18. The molecule has 0 radical (unpaired) electrons. The molecule has 1 fully saturated rings. The van der Waals surface area contributed by atoms with Crippen molar-refractivity contribution < 1.29 is 24.9 Å². The van der Waals surface area contributed by atoms with E-state index in [0.29, 0.717) is 11.1 Å². The molecule has 0 aromatic carbocycles. The topological polar surface area (TPSA) is 126 Å². The third kappa shape index (κ3) is 2.32. The predicted octanol–water partition coefficient (Wildman–Crippen LogP) is -1.02. The standard InChI is InChI=1S/C13H16N2O5/c1-2-6-7(3-4-15-9(6)13(14)19)12-11(18)10(17)8(5-16)20-12/h2-4,8,10-12,16-18H,1,5H2,(H2,14,19)/t8-,10-,11-,12+/m1/s1. The zero-order chi connectivity index (χ0) is 14.9. The second kappa shape index (κ2) is 5.68. The highest BCUT2D eigenvalue weighted by Crippen LogP contribution is 2.35. The summed E-state index contributed by atoms with van der Waals surface area (Å²) < 4.78 is 5.42. The molecular formula is C13H16N2O5. The molecule has 1 aromatic rings. The Labute approximate surface area is 115 Å². The van der Waals surface area contributed by atoms with Crippen molar-refractivity contribution in [2.24, 2.45) is 5.73 Å². The fourth-order valence-electron chi connectivity index (χ4n) is 2.30. The molecule has 20 heavy (non-hydrogen) atoms. The van der Waals surface area contributed by atoms with Gasteiger partial charge in [0, 0.05) is 11.8 Å². The van der Waals surface area contributed by atoms with Gasteiger partial charge in [-0.1, -0.05) is 12.7 Å². The van der Waals surface area contributed by atoms with Gasteiger partial charge in [-0.2, -0.15) is 0 Å². The highest BCUT2D eigenvalue weighted by Gasteiger charge is 2.43. The largest absolute Gasteiger partial charge is 0.394 e. The molecule has 2 heterocycles. The van der Waals surface area contributed by atoms with Gasteiger partial charge in [-0.05, 0) is 11.6 Å². The second-order valence-electron chi connectivity index (χ2n) is 4.49. The Morgan fingerprint density at radius 2 is 2.20 bits per heavy atom. The van der Waals surface area contributed by atoms with Crippen LogP contribution in [0.2, 0.25) is 0 Å². The molecule has 4 atom stereocenters. The van der Waals surface area contributed by atoms with Gasteiger partial charge in [-0.3, -0.25) is 9.78 Å². The monoisotopic (exact) mass is 280 g/mol. The third-order valence-electron chi connectivity index (χ3n) is 3.31. The number of nitrogens with zero attached hydrogens (tertiary/aromatic N) is 1. The van der Waals surface area contributed by atoms with E-state index in [1.54, 1.807) is 6.07 Å². The fourth-order valence-corrected chi connectivity index (χ4v) is 2.30. The number of carbonyl (C=O) groups is 1. The van der Waals surface area contributed by atoms with Gasteiger partial charge in [-0.25, -0.2) is 0 Å². The van der Waals surface area contributed by atoms with Gasteiger partial charge in [0.1, 0.15) is 30.1 Å². The Kier molecular flexibility index (Phi) is 4.15. The summed E-state index contributed by atoms with van der Waals surface area (Å²) in [5.74, 6) is -0.728. The van der Waals surface area contributed by atoms with Crippen LogP contribution in [0.5, 0.6) is 0 Å². The van der Waals surface area contributed by atoms with Crippen LogP contribution in [0.15, 0.2) is 18.8 Å². The maximum Gasteiger partial charge on any atom is 0.267 e. The number of pyridine rings is 1. The quantitative estimate of drug-likeness (QED) is 0.559. The van der Waals surface area contributed by atoms with Crippen LogP contribution in [0.1, 0.15) is 27.7 Å². The first-order valence-electron chi connectivity index (χ1n) is 6.04. The molecule has 2 rings (SSSR count). The summed E-state index contributed by atoms with van der Waals surface area (Å²) >= 11 is 0. The number of rotatable bonds is 4. The molecule has 7 heteroatoms. The van der Waals surface area contributed by atoms with Crippen LogP contribution in [0.4, 0.5) is 0 Å². The average molecular weight is 280 g/mol. The highest BCUT2D eigenvalue weighted by atomic mass is 16.6. The van der Waals surface area contributed by atoms with Crippen molar-refractivity contribution in [3.63, 3.8) is 0 Å². The summed E-state index contributed by atoms with van der Waals surface area (Å²) in [6.45, 7) is 3.17. The first-order chi connectivity index (χ1) is 9.51. The summed E-state index contributed by atoms with van der Waals surface area (Å²) in [4.78, 5) is 15.2. The van der Waals surface area contributed by atoms with Gasteiger partial charge in [0.15, 0.2) is 0 Å². The minimum atomic E-state index is -1.23. The highest BCUT2D eigenvalue weighted by molar-refractivity contribution is 5.95. The van der Waals surface area contributed by atoms with Crippen molar-refractivity contribution >= 4 is 12.0 Å². The molecule has 5 N–H and O–H groups in total. The molecule has 1 aromatic heterocycles. The molecule has 1 amide bonds. The number of hydrogen-bond donors (Lipinski definition) is 4. The number of primary amides is 1. The van der Waals surface area contributed by atoms with E-state index in [-0.39, 0.29) is 5.69 Å². The molecule has 0 unspecified atom stereocenters. The van der Waals surface area contributed by atoms with Crippen LogP contribution < -0.4 is 5.73 Å². The van der Waals surface area contributed by atoms with Crippen molar-refractivity contribution in [2.45, 2.75) is 24.4 Å². The first kappa shape index (κ1) is 14.6. The van der Waals surface area contributed by atoms with Gasteiger partial charge < -0.3 is 25.8 Å². The molecule has 0 spiro atoms. The normalized spacial score (nSPS) is 29.4. The fraction of sp³-hybridized carbons (Fsp3) is 0.385. The Bertz CT molecular complexity index is 533. The number of amides is 1. The molecule has 0 saturated carbocycles. The second-order valence-corrected chi connectivity index (χ2v) is 4.49. The van der Waals surface area contributed by atoms with Crippen LogP contribution in [0.3, 0.4) is 0 Å². The summed E-state index contributed by atoms with van der Waals surface area (Å²) in [7, 11) is 0. The number of aliphatic hydroxyl groups excluding tert-OH is 3. The molecular weight excluding hydrogens is 264 g/mol. The number of carbonyl (C=O) groups excluding carboxylic acids is 1. The predicted molar refractivity (Wildman–Crippen MR) is 69.6 cm³/mol. The smallest absolute Gasteiger partial charge is 0.267 e. The summed E-state index contributed by atoms with van der Waals surface area (Å²) in [6.07, 6.45) is -1.48. The molecule has 1 saturated heterocycles. The number of ether oxygens (including phenoxy) is 1. The zero-order valence-corrected chi connectivity index (χ0v) is 10.6. The lowest BCUT2D eigenvalue weighted by Crippen LogP contribution is -2.32. The Morgan fingerprint density at radius 3 is 2.70 bits per heavy atom. The van der Waals surface area contributed by atoms with Crippen molar-refractivity contribution in [1.82, 2.24) is 4.98 Å². The Hall–Kier alpha value is -1.80. The molecule has 0 bridgehead atoms. The van der Waals surface area contributed by atoms with Crippen LogP contribution in [-0.4, -0.2) is 51.1 Å². The van der Waals surface area contributed by atoms with Crippen LogP contribution >= 0.6 is 0 Å². The van der Waals surface area contributed by atoms with E-state index in [1.807, 2.05) is 0 Å². The molecule has 108 valence electrons. The molecule has 7 nitrogen and oxygen atoms in total. The van der Waals surface area contributed by atoms with E-state index in [9.17, 15) is 15.0 Å². The lowest BCUT2D eigenvalue weighted by atomic mass is 9.96. The van der Waals surface area contributed by atoms with E-state index in [0.717, 1.165) is 0 Å². The van der Waals surface area contributed by atoms with Crippen LogP contribution in [0.25, 0.3) is 6.08 Å². The van der Waals surface area contributed by atoms with Gasteiger partial charge in [0.05, 0.1) is 6.61 Å². The maximum atomic E-state index is 11.3. The van der Waals surface area contributed by atoms with Crippen molar-refractivity contribution in [3.8, 4) is 0 Å². The van der Waals surface area contributed by atoms with E-state index in [2.05, 4.69) is 11.6 Å². The summed E-state index contributed by atoms with van der Waals surface area (Å²) in [5, 5.41) is 28.9. The Balaban J connectivity index is 2.46. The number of nitrogens with two attached hydrogens (primary N) is 1. The van der Waals surface area contributed by atoms with E-state index >= 15 is 0 Å². The van der Waals surface area contributed by atoms with Gasteiger partial charge >= 0.3 is 0 Å². The summed E-state index contributed by atoms with van der Waals surface area (Å²) in [6, 6.07) is 1.55. The summed E-state index contributed by atoms with van der Waals surface area (Å²) in [5.41, 5.74) is 6.02. The van der Waals surface area contributed by atoms with Gasteiger partial charge in [0.2, 0.25) is 0 Å². The molecule has 1 aliphatic heterocycles. The van der Waals surface area contributed by atoms with Crippen LogP contribution in [-0.2, 0) is 4.74 Å². The average Bonchev–Trinajstić information content (AvgIpc) is 2.73. The number of hydrogen-bond acceptors (Lipinski definition) is 6. The van der Waals surface area contributed by atoms with Crippen LogP contribution in [0, 0.1) is 0 Å². The number of aliphatic hydroxyl groups is 3. The van der Waals surface area contributed by atoms with Gasteiger partial charge in [0.25, 0.3) is 5.91 Å². The SMILES string of the molecule is C=Cc1c([C@@H]2O[C@H](CO)[C@@H](O)[C@H]2O)ccnc1C(N)=O. The molecule has 0 aliphatic carbocycles. The Morgan fingerprint density at radius 1 is 1.50 bits per heavy atom. The van der Waals surface area contributed by atoms with Gasteiger partial charge in [-0.15, -0.1) is 0 Å². The minimum absolute atomic E-state index is 0.00948. The number of aromatic nitrogens is 1.